The SMILES string of the molecule is C[C@H](Sc1ncnc2sccc12)C(=O)Nc1ccc(Cl)c(C(F)(F)F)c1. The predicted molar refractivity (Wildman–Crippen MR) is 97.8 cm³/mol. The number of amides is 1. The van der Waals surface area contributed by atoms with Crippen molar-refractivity contribution < 1.29 is 18.0 Å². The Hall–Kier alpha value is -1.84. The molecule has 3 rings (SSSR count). The van der Waals surface area contributed by atoms with Gasteiger partial charge in [0, 0.05) is 11.1 Å². The van der Waals surface area contributed by atoms with Crippen molar-refractivity contribution in [1.29, 1.82) is 0 Å². The van der Waals surface area contributed by atoms with E-state index in [4.69, 9.17) is 11.6 Å². The number of anilines is 1. The third-order valence-electron chi connectivity index (χ3n) is 3.42. The molecule has 1 amide bonds. The summed E-state index contributed by atoms with van der Waals surface area (Å²) in [5.41, 5.74) is -0.962. The van der Waals surface area contributed by atoms with E-state index in [1.54, 1.807) is 6.92 Å². The summed E-state index contributed by atoms with van der Waals surface area (Å²) in [5.74, 6) is -0.438. The number of carbonyl (C=O) groups excluding carboxylic acids is 1. The summed E-state index contributed by atoms with van der Waals surface area (Å²) in [5, 5.41) is 4.86. The van der Waals surface area contributed by atoms with Crippen molar-refractivity contribution >= 4 is 56.5 Å². The molecule has 1 atom stereocenters. The molecule has 10 heteroatoms. The predicted octanol–water partition coefficient (Wildman–Crippen LogP) is 5.48. The second-order valence-corrected chi connectivity index (χ2v) is 7.89. The molecular weight excluding hydrogens is 407 g/mol. The van der Waals surface area contributed by atoms with Crippen LogP contribution in [0.4, 0.5) is 18.9 Å². The van der Waals surface area contributed by atoms with E-state index < -0.39 is 27.9 Å². The van der Waals surface area contributed by atoms with Gasteiger partial charge in [-0.3, -0.25) is 4.79 Å². The minimum Gasteiger partial charge on any atom is -0.325 e. The summed E-state index contributed by atoms with van der Waals surface area (Å²) in [4.78, 5) is 21.5. The Labute approximate surface area is 159 Å². The van der Waals surface area contributed by atoms with E-state index >= 15 is 0 Å². The van der Waals surface area contributed by atoms with E-state index in [0.29, 0.717) is 5.03 Å². The van der Waals surface area contributed by atoms with Gasteiger partial charge in [-0.05, 0) is 36.6 Å². The molecule has 0 saturated heterocycles. The number of alkyl halides is 3. The molecule has 4 nitrogen and oxygen atoms in total. The molecule has 2 aromatic heterocycles. The fourth-order valence-electron chi connectivity index (χ4n) is 2.15. The van der Waals surface area contributed by atoms with Crippen molar-refractivity contribution in [3.05, 3.63) is 46.6 Å². The number of rotatable bonds is 4. The number of carbonyl (C=O) groups is 1. The summed E-state index contributed by atoms with van der Waals surface area (Å²) in [6, 6.07) is 5.12. The number of fused-ring (bicyclic) bond motifs is 1. The van der Waals surface area contributed by atoms with Crippen molar-refractivity contribution in [2.24, 2.45) is 0 Å². The second-order valence-electron chi connectivity index (χ2n) is 5.26. The van der Waals surface area contributed by atoms with Gasteiger partial charge in [0.25, 0.3) is 0 Å². The first-order valence-corrected chi connectivity index (χ1v) is 9.42. The number of aromatic nitrogens is 2. The van der Waals surface area contributed by atoms with Gasteiger partial charge < -0.3 is 5.32 Å². The Balaban J connectivity index is 1.75. The summed E-state index contributed by atoms with van der Waals surface area (Å²) in [6.07, 6.45) is -3.18. The van der Waals surface area contributed by atoms with Crippen molar-refractivity contribution in [2.75, 3.05) is 5.32 Å². The highest BCUT2D eigenvalue weighted by molar-refractivity contribution is 8.00. The standard InChI is InChI=1S/C16H11ClF3N3OS2/c1-8(26-15-10-4-5-25-14(10)21-7-22-15)13(24)23-9-2-3-12(17)11(6-9)16(18,19)20/h2-8H,1H3,(H,23,24)/t8-/m0/s1. The highest BCUT2D eigenvalue weighted by Crippen LogP contribution is 2.36. The van der Waals surface area contributed by atoms with E-state index in [9.17, 15) is 18.0 Å². The van der Waals surface area contributed by atoms with E-state index in [1.165, 1.54) is 35.5 Å². The van der Waals surface area contributed by atoms with Gasteiger partial charge in [-0.15, -0.1) is 11.3 Å². The molecule has 2 heterocycles. The van der Waals surface area contributed by atoms with Crippen molar-refractivity contribution in [1.82, 2.24) is 9.97 Å². The van der Waals surface area contributed by atoms with Gasteiger partial charge in [-0.25, -0.2) is 9.97 Å². The van der Waals surface area contributed by atoms with Crippen LogP contribution in [0.1, 0.15) is 12.5 Å². The lowest BCUT2D eigenvalue weighted by Gasteiger charge is -2.14. The maximum Gasteiger partial charge on any atom is 0.417 e. The molecule has 0 fully saturated rings. The lowest BCUT2D eigenvalue weighted by molar-refractivity contribution is -0.137. The molecular formula is C16H11ClF3N3OS2. The van der Waals surface area contributed by atoms with Crippen LogP contribution in [0.3, 0.4) is 0 Å². The monoisotopic (exact) mass is 417 g/mol. The number of hydrogen-bond acceptors (Lipinski definition) is 5. The average Bonchev–Trinajstić information content (AvgIpc) is 3.05. The number of thiophene rings is 1. The molecule has 0 spiro atoms. The van der Waals surface area contributed by atoms with Gasteiger partial charge in [0.15, 0.2) is 0 Å². The lowest BCUT2D eigenvalue weighted by atomic mass is 10.2. The summed E-state index contributed by atoms with van der Waals surface area (Å²) < 4.78 is 38.7. The molecule has 1 N–H and O–H groups in total. The number of benzene rings is 1. The zero-order chi connectivity index (χ0) is 18.9. The maximum atomic E-state index is 12.9. The van der Waals surface area contributed by atoms with Crippen LogP contribution in [0.2, 0.25) is 5.02 Å². The molecule has 0 aliphatic rings. The smallest absolute Gasteiger partial charge is 0.325 e. The van der Waals surface area contributed by atoms with Gasteiger partial charge >= 0.3 is 6.18 Å². The fraction of sp³-hybridized carbons (Fsp3) is 0.188. The van der Waals surface area contributed by atoms with Crippen LogP contribution in [0.5, 0.6) is 0 Å². The number of hydrogen-bond donors (Lipinski definition) is 1. The first-order chi connectivity index (χ1) is 12.3. The topological polar surface area (TPSA) is 54.9 Å². The third kappa shape index (κ3) is 4.11. The Kier molecular flexibility index (Phi) is 5.40. The van der Waals surface area contributed by atoms with E-state index in [-0.39, 0.29) is 5.69 Å². The van der Waals surface area contributed by atoms with Gasteiger partial charge in [-0.2, -0.15) is 13.2 Å². The highest BCUT2D eigenvalue weighted by Gasteiger charge is 2.33. The zero-order valence-corrected chi connectivity index (χ0v) is 15.6. The first kappa shape index (κ1) is 18.9. The Morgan fingerprint density at radius 2 is 2.08 bits per heavy atom. The maximum absolute atomic E-state index is 12.9. The minimum atomic E-state index is -4.59. The molecule has 0 aliphatic carbocycles. The van der Waals surface area contributed by atoms with Gasteiger partial charge in [0.1, 0.15) is 16.2 Å². The number of nitrogens with zero attached hydrogens (tertiary/aromatic N) is 2. The summed E-state index contributed by atoms with van der Waals surface area (Å²) >= 11 is 8.26. The van der Waals surface area contributed by atoms with Crippen molar-refractivity contribution in [3.63, 3.8) is 0 Å². The Morgan fingerprint density at radius 3 is 2.81 bits per heavy atom. The highest BCUT2D eigenvalue weighted by atomic mass is 35.5. The van der Waals surface area contributed by atoms with Crippen LogP contribution in [-0.2, 0) is 11.0 Å². The van der Waals surface area contributed by atoms with Crippen molar-refractivity contribution in [2.45, 2.75) is 23.4 Å². The molecule has 0 aliphatic heterocycles. The number of halogens is 4. The van der Waals surface area contributed by atoms with E-state index in [2.05, 4.69) is 15.3 Å². The van der Waals surface area contributed by atoms with E-state index in [0.717, 1.165) is 22.3 Å². The molecule has 3 aromatic rings. The Morgan fingerprint density at radius 1 is 1.31 bits per heavy atom. The van der Waals surface area contributed by atoms with Crippen LogP contribution in [0.15, 0.2) is 41.0 Å². The fourth-order valence-corrected chi connectivity index (χ4v) is 4.07. The molecule has 136 valence electrons. The average molecular weight is 418 g/mol. The molecule has 26 heavy (non-hydrogen) atoms. The van der Waals surface area contributed by atoms with Crippen LogP contribution >= 0.6 is 34.7 Å². The van der Waals surface area contributed by atoms with E-state index in [1.807, 2.05) is 11.4 Å². The van der Waals surface area contributed by atoms with Gasteiger partial charge in [0.2, 0.25) is 5.91 Å². The van der Waals surface area contributed by atoms with Crippen molar-refractivity contribution in [3.8, 4) is 0 Å². The largest absolute Gasteiger partial charge is 0.417 e. The van der Waals surface area contributed by atoms with Crippen LogP contribution in [0.25, 0.3) is 10.2 Å². The summed E-state index contributed by atoms with van der Waals surface area (Å²) in [6.45, 7) is 1.65. The van der Waals surface area contributed by atoms with Gasteiger partial charge in [-0.1, -0.05) is 23.4 Å². The first-order valence-electron chi connectivity index (χ1n) is 7.28. The molecule has 0 unspecified atom stereocenters. The molecule has 0 bridgehead atoms. The lowest BCUT2D eigenvalue weighted by Crippen LogP contribution is -2.22. The van der Waals surface area contributed by atoms with Crippen LogP contribution < -0.4 is 5.32 Å². The Bertz CT molecular complexity index is 961. The molecule has 1 aromatic carbocycles. The van der Waals surface area contributed by atoms with Crippen LogP contribution in [-0.4, -0.2) is 21.1 Å². The number of thioether (sulfide) groups is 1. The molecule has 0 radical (unpaired) electrons. The normalized spacial score (nSPS) is 13.0. The second kappa shape index (κ2) is 7.42. The summed E-state index contributed by atoms with van der Waals surface area (Å²) in [7, 11) is 0. The van der Waals surface area contributed by atoms with Crippen LogP contribution in [0, 0.1) is 0 Å². The molecule has 0 saturated carbocycles. The zero-order valence-electron chi connectivity index (χ0n) is 13.2. The number of nitrogens with one attached hydrogen (secondary N) is 1. The van der Waals surface area contributed by atoms with Gasteiger partial charge in [0.05, 0.1) is 15.8 Å². The quantitative estimate of drug-likeness (QED) is 0.451. The minimum absolute atomic E-state index is 0.0301. The third-order valence-corrected chi connectivity index (χ3v) is 5.69.